The number of carbonyl (C=O) groups excluding carboxylic acids is 1. The van der Waals surface area contributed by atoms with Crippen molar-refractivity contribution < 1.29 is 14.3 Å². The standard InChI is InChI=1S/C21H23N3O3S/c1-12-6-5-7-14(10-12)23-20(25)18-13(2)22-21(28)24-19(18)16-11-15(26-3)8-9-17(16)27-4/h5-11,19H,1-4H3,(H,23,25)(H2,22,24,28). The van der Waals surface area contributed by atoms with Crippen LogP contribution in [0.2, 0.25) is 0 Å². The van der Waals surface area contributed by atoms with Crippen LogP contribution in [0.15, 0.2) is 53.7 Å². The molecule has 0 spiro atoms. The van der Waals surface area contributed by atoms with Crippen LogP contribution in [0.25, 0.3) is 0 Å². The molecule has 0 fully saturated rings. The van der Waals surface area contributed by atoms with E-state index in [4.69, 9.17) is 21.7 Å². The van der Waals surface area contributed by atoms with Gasteiger partial charge in [0.25, 0.3) is 5.91 Å². The molecule has 0 radical (unpaired) electrons. The first-order chi connectivity index (χ1) is 13.4. The van der Waals surface area contributed by atoms with Crippen molar-refractivity contribution in [2.24, 2.45) is 0 Å². The maximum atomic E-state index is 13.2. The van der Waals surface area contributed by atoms with E-state index in [1.807, 2.05) is 56.3 Å². The van der Waals surface area contributed by atoms with Crippen molar-refractivity contribution in [1.29, 1.82) is 0 Å². The van der Waals surface area contributed by atoms with Crippen molar-refractivity contribution in [1.82, 2.24) is 10.6 Å². The van der Waals surface area contributed by atoms with E-state index in [2.05, 4.69) is 16.0 Å². The summed E-state index contributed by atoms with van der Waals surface area (Å²) in [5.74, 6) is 1.08. The quantitative estimate of drug-likeness (QED) is 0.672. The van der Waals surface area contributed by atoms with Crippen LogP contribution in [-0.2, 0) is 4.79 Å². The maximum absolute atomic E-state index is 13.2. The molecule has 0 saturated heterocycles. The van der Waals surface area contributed by atoms with E-state index in [0.29, 0.717) is 27.9 Å². The Morgan fingerprint density at radius 3 is 2.57 bits per heavy atom. The van der Waals surface area contributed by atoms with Crippen LogP contribution in [0.1, 0.15) is 24.1 Å². The number of hydrogen-bond acceptors (Lipinski definition) is 4. The first-order valence-electron chi connectivity index (χ1n) is 8.81. The van der Waals surface area contributed by atoms with Gasteiger partial charge in [-0.3, -0.25) is 4.79 Å². The lowest BCUT2D eigenvalue weighted by Gasteiger charge is -2.31. The van der Waals surface area contributed by atoms with E-state index >= 15 is 0 Å². The largest absolute Gasteiger partial charge is 0.497 e. The molecule has 0 aliphatic carbocycles. The topological polar surface area (TPSA) is 71.6 Å². The van der Waals surface area contributed by atoms with E-state index in [-0.39, 0.29) is 5.91 Å². The summed E-state index contributed by atoms with van der Waals surface area (Å²) in [5, 5.41) is 9.64. The molecular formula is C21H23N3O3S. The summed E-state index contributed by atoms with van der Waals surface area (Å²) >= 11 is 5.33. The SMILES string of the molecule is COc1ccc(OC)c(C2NC(=S)NC(C)=C2C(=O)Nc2cccc(C)c2)c1. The van der Waals surface area contributed by atoms with Crippen molar-refractivity contribution in [3.8, 4) is 11.5 Å². The number of allylic oxidation sites excluding steroid dienone is 1. The zero-order valence-electron chi connectivity index (χ0n) is 16.3. The summed E-state index contributed by atoms with van der Waals surface area (Å²) in [6, 6.07) is 12.6. The monoisotopic (exact) mass is 397 g/mol. The molecule has 1 unspecified atom stereocenters. The molecule has 7 heteroatoms. The van der Waals surface area contributed by atoms with E-state index in [9.17, 15) is 4.79 Å². The van der Waals surface area contributed by atoms with Gasteiger partial charge in [-0.1, -0.05) is 12.1 Å². The van der Waals surface area contributed by atoms with Crippen LogP contribution in [0.4, 0.5) is 5.69 Å². The zero-order valence-corrected chi connectivity index (χ0v) is 17.1. The van der Waals surface area contributed by atoms with Gasteiger partial charge in [-0.05, 0) is 62.0 Å². The minimum atomic E-state index is -0.483. The molecule has 3 rings (SSSR count). The molecule has 1 aliphatic rings. The fourth-order valence-electron chi connectivity index (χ4n) is 3.21. The number of carbonyl (C=O) groups is 1. The fraction of sp³-hybridized carbons (Fsp3) is 0.238. The highest BCUT2D eigenvalue weighted by atomic mass is 32.1. The first-order valence-corrected chi connectivity index (χ1v) is 9.22. The van der Waals surface area contributed by atoms with Gasteiger partial charge in [0, 0.05) is 16.9 Å². The predicted octanol–water partition coefficient (Wildman–Crippen LogP) is 3.44. The molecule has 1 aliphatic heterocycles. The second-order valence-electron chi connectivity index (χ2n) is 6.50. The highest BCUT2D eigenvalue weighted by Crippen LogP contribution is 2.35. The Bertz CT molecular complexity index is 956. The molecule has 2 aromatic rings. The van der Waals surface area contributed by atoms with Crippen LogP contribution in [0.5, 0.6) is 11.5 Å². The second-order valence-corrected chi connectivity index (χ2v) is 6.91. The number of nitrogens with one attached hydrogen (secondary N) is 3. The summed E-state index contributed by atoms with van der Waals surface area (Å²) < 4.78 is 10.9. The van der Waals surface area contributed by atoms with Gasteiger partial charge in [-0.2, -0.15) is 0 Å². The summed E-state index contributed by atoms with van der Waals surface area (Å²) in [7, 11) is 3.19. The maximum Gasteiger partial charge on any atom is 0.255 e. The Morgan fingerprint density at radius 1 is 1.11 bits per heavy atom. The van der Waals surface area contributed by atoms with Crippen LogP contribution in [0, 0.1) is 6.92 Å². The van der Waals surface area contributed by atoms with E-state index in [1.54, 1.807) is 14.2 Å². The minimum absolute atomic E-state index is 0.222. The second kappa shape index (κ2) is 8.31. The Hall–Kier alpha value is -3.06. The number of aryl methyl sites for hydroxylation is 1. The van der Waals surface area contributed by atoms with Crippen molar-refractivity contribution in [3.63, 3.8) is 0 Å². The lowest BCUT2D eigenvalue weighted by Crippen LogP contribution is -2.45. The molecule has 1 atom stereocenters. The smallest absolute Gasteiger partial charge is 0.255 e. The van der Waals surface area contributed by atoms with Crippen LogP contribution in [-0.4, -0.2) is 25.2 Å². The molecule has 146 valence electrons. The third-order valence-corrected chi connectivity index (χ3v) is 4.76. The number of anilines is 1. The van der Waals surface area contributed by atoms with Crippen LogP contribution in [0.3, 0.4) is 0 Å². The van der Waals surface area contributed by atoms with Crippen molar-refractivity contribution >= 4 is 28.9 Å². The molecule has 1 amide bonds. The predicted molar refractivity (Wildman–Crippen MR) is 114 cm³/mol. The number of benzene rings is 2. The number of amides is 1. The Balaban J connectivity index is 2.03. The van der Waals surface area contributed by atoms with Gasteiger partial charge >= 0.3 is 0 Å². The molecular weight excluding hydrogens is 374 g/mol. The first kappa shape index (κ1) is 19.7. The summed E-state index contributed by atoms with van der Waals surface area (Å²) in [5.41, 5.74) is 3.77. The average molecular weight is 398 g/mol. The molecule has 28 heavy (non-hydrogen) atoms. The van der Waals surface area contributed by atoms with Crippen molar-refractivity contribution in [2.45, 2.75) is 19.9 Å². The Morgan fingerprint density at radius 2 is 1.89 bits per heavy atom. The average Bonchev–Trinajstić information content (AvgIpc) is 2.66. The van der Waals surface area contributed by atoms with E-state index < -0.39 is 6.04 Å². The van der Waals surface area contributed by atoms with Gasteiger partial charge in [0.2, 0.25) is 0 Å². The lowest BCUT2D eigenvalue weighted by atomic mass is 9.94. The van der Waals surface area contributed by atoms with E-state index in [1.165, 1.54) is 0 Å². The van der Waals surface area contributed by atoms with Gasteiger partial charge in [0.05, 0.1) is 25.8 Å². The Labute approximate surface area is 169 Å². The Kier molecular flexibility index (Phi) is 5.84. The molecule has 0 saturated carbocycles. The van der Waals surface area contributed by atoms with Crippen molar-refractivity contribution in [3.05, 3.63) is 64.9 Å². The van der Waals surface area contributed by atoms with Crippen LogP contribution >= 0.6 is 12.2 Å². The van der Waals surface area contributed by atoms with Gasteiger partial charge in [-0.15, -0.1) is 0 Å². The normalized spacial score (nSPS) is 16.1. The molecule has 1 heterocycles. The van der Waals surface area contributed by atoms with Gasteiger partial charge < -0.3 is 25.4 Å². The minimum Gasteiger partial charge on any atom is -0.497 e. The van der Waals surface area contributed by atoms with Crippen molar-refractivity contribution in [2.75, 3.05) is 19.5 Å². The molecule has 0 aromatic heterocycles. The van der Waals surface area contributed by atoms with E-state index in [0.717, 1.165) is 16.8 Å². The number of thiocarbonyl (C=S) groups is 1. The zero-order chi connectivity index (χ0) is 20.3. The molecule has 6 nitrogen and oxygen atoms in total. The van der Waals surface area contributed by atoms with Crippen LogP contribution < -0.4 is 25.4 Å². The summed E-state index contributed by atoms with van der Waals surface area (Å²) in [6.07, 6.45) is 0. The number of methoxy groups -OCH3 is 2. The highest BCUT2D eigenvalue weighted by molar-refractivity contribution is 7.80. The number of rotatable bonds is 5. The number of ether oxygens (including phenoxy) is 2. The molecule has 2 aromatic carbocycles. The molecule has 3 N–H and O–H groups in total. The number of hydrogen-bond donors (Lipinski definition) is 3. The highest BCUT2D eigenvalue weighted by Gasteiger charge is 2.32. The van der Waals surface area contributed by atoms with Gasteiger partial charge in [-0.25, -0.2) is 0 Å². The lowest BCUT2D eigenvalue weighted by molar-refractivity contribution is -0.113. The summed E-state index contributed by atoms with van der Waals surface area (Å²) in [4.78, 5) is 13.2. The van der Waals surface area contributed by atoms with Gasteiger partial charge in [0.15, 0.2) is 5.11 Å². The summed E-state index contributed by atoms with van der Waals surface area (Å²) in [6.45, 7) is 3.81. The fourth-order valence-corrected chi connectivity index (χ4v) is 3.49. The molecule has 0 bridgehead atoms. The third-order valence-electron chi connectivity index (χ3n) is 4.54. The third kappa shape index (κ3) is 4.09. The van der Waals surface area contributed by atoms with Gasteiger partial charge in [0.1, 0.15) is 11.5 Å².